The summed E-state index contributed by atoms with van der Waals surface area (Å²) >= 11 is 0. The lowest BCUT2D eigenvalue weighted by Gasteiger charge is -2.17. The Morgan fingerprint density at radius 1 is 0.591 bits per heavy atom. The second-order valence-corrected chi connectivity index (χ2v) is 10.2. The van der Waals surface area contributed by atoms with Crippen LogP contribution < -0.4 is 14.2 Å². The molecule has 218 valence electrons. The molecule has 0 radical (unpaired) electrons. The monoisotopic (exact) mass is 581 g/mol. The zero-order valence-electron chi connectivity index (χ0n) is 24.3. The van der Waals surface area contributed by atoms with Gasteiger partial charge in [0.05, 0.1) is 7.11 Å². The molecule has 0 aliphatic carbocycles. The molecule has 1 heterocycles. The summed E-state index contributed by atoms with van der Waals surface area (Å²) in [5.41, 5.74) is 5.26. The molecule has 6 nitrogen and oxygen atoms in total. The highest BCUT2D eigenvalue weighted by Gasteiger charge is 2.20. The molecular formula is C38H31NO5. The van der Waals surface area contributed by atoms with E-state index in [-0.39, 0.29) is 12.3 Å². The van der Waals surface area contributed by atoms with Crippen molar-refractivity contribution in [3.8, 4) is 28.4 Å². The van der Waals surface area contributed by atoms with Gasteiger partial charge in [-0.05, 0) is 40.5 Å². The average Bonchev–Trinajstić information content (AvgIpc) is 3.09. The molecule has 0 saturated heterocycles. The third-order valence-electron chi connectivity index (χ3n) is 7.15. The van der Waals surface area contributed by atoms with Crippen molar-refractivity contribution >= 4 is 16.9 Å². The maximum atomic E-state index is 13.4. The van der Waals surface area contributed by atoms with Crippen molar-refractivity contribution in [1.82, 2.24) is 4.98 Å². The SMILES string of the molecule is COc1ccccc1-c1cc(OCc2ccccc2)c2nc(C(=O)OCc3ccccc3)cc(OCc3ccccc3)c2c1. The summed E-state index contributed by atoms with van der Waals surface area (Å²) in [6.45, 7) is 0.747. The summed E-state index contributed by atoms with van der Waals surface area (Å²) in [7, 11) is 1.65. The Balaban J connectivity index is 1.46. The summed E-state index contributed by atoms with van der Waals surface area (Å²) in [4.78, 5) is 18.1. The van der Waals surface area contributed by atoms with E-state index in [9.17, 15) is 4.79 Å². The third kappa shape index (κ3) is 6.71. The largest absolute Gasteiger partial charge is 0.496 e. The van der Waals surface area contributed by atoms with Gasteiger partial charge in [-0.15, -0.1) is 0 Å². The van der Waals surface area contributed by atoms with Crippen LogP contribution in [0.3, 0.4) is 0 Å². The zero-order valence-corrected chi connectivity index (χ0v) is 24.3. The van der Waals surface area contributed by atoms with Crippen LogP contribution in [0.5, 0.6) is 17.2 Å². The number of pyridine rings is 1. The van der Waals surface area contributed by atoms with E-state index < -0.39 is 5.97 Å². The quantitative estimate of drug-likeness (QED) is 0.143. The van der Waals surface area contributed by atoms with Crippen LogP contribution in [-0.4, -0.2) is 18.1 Å². The summed E-state index contributed by atoms with van der Waals surface area (Å²) in [5, 5.41) is 0.701. The van der Waals surface area contributed by atoms with Gasteiger partial charge in [0, 0.05) is 17.0 Å². The fraction of sp³-hybridized carbons (Fsp3) is 0.105. The van der Waals surface area contributed by atoms with Crippen LogP contribution in [-0.2, 0) is 24.6 Å². The molecule has 44 heavy (non-hydrogen) atoms. The molecular weight excluding hydrogens is 550 g/mol. The van der Waals surface area contributed by atoms with E-state index in [2.05, 4.69) is 0 Å². The van der Waals surface area contributed by atoms with Crippen LogP contribution in [0.1, 0.15) is 27.2 Å². The molecule has 0 aliphatic rings. The van der Waals surface area contributed by atoms with Crippen molar-refractivity contribution in [2.24, 2.45) is 0 Å². The van der Waals surface area contributed by atoms with Gasteiger partial charge in [0.15, 0.2) is 5.69 Å². The lowest BCUT2D eigenvalue weighted by atomic mass is 10.0. The number of benzene rings is 5. The highest BCUT2D eigenvalue weighted by atomic mass is 16.5. The minimum absolute atomic E-state index is 0.129. The predicted molar refractivity (Wildman–Crippen MR) is 171 cm³/mol. The third-order valence-corrected chi connectivity index (χ3v) is 7.15. The molecule has 0 atom stereocenters. The van der Waals surface area contributed by atoms with E-state index in [0.717, 1.165) is 33.6 Å². The Bertz CT molecular complexity index is 1860. The smallest absolute Gasteiger partial charge is 0.357 e. The van der Waals surface area contributed by atoms with Gasteiger partial charge in [0.1, 0.15) is 42.6 Å². The lowest BCUT2D eigenvalue weighted by Crippen LogP contribution is -2.09. The second-order valence-electron chi connectivity index (χ2n) is 10.2. The van der Waals surface area contributed by atoms with Crippen LogP contribution in [0.4, 0.5) is 0 Å². The van der Waals surface area contributed by atoms with Crippen LogP contribution in [0.25, 0.3) is 22.0 Å². The Hall–Kier alpha value is -5.62. The Labute approximate surface area is 256 Å². The van der Waals surface area contributed by atoms with Gasteiger partial charge in [0.25, 0.3) is 0 Å². The topological polar surface area (TPSA) is 66.9 Å². The fourth-order valence-corrected chi connectivity index (χ4v) is 4.91. The van der Waals surface area contributed by atoms with Crippen molar-refractivity contribution < 1.29 is 23.7 Å². The number of ether oxygens (including phenoxy) is 4. The summed E-state index contributed by atoms with van der Waals surface area (Å²) in [6, 6.07) is 42.7. The van der Waals surface area contributed by atoms with Gasteiger partial charge < -0.3 is 18.9 Å². The first-order valence-corrected chi connectivity index (χ1v) is 14.3. The molecule has 6 heteroatoms. The Morgan fingerprint density at radius 3 is 1.75 bits per heavy atom. The number of carbonyl (C=O) groups is 1. The number of rotatable bonds is 11. The number of hydrogen-bond acceptors (Lipinski definition) is 6. The van der Waals surface area contributed by atoms with Crippen LogP contribution >= 0.6 is 0 Å². The van der Waals surface area contributed by atoms with Crippen molar-refractivity contribution in [3.63, 3.8) is 0 Å². The molecule has 0 spiro atoms. The number of fused-ring (bicyclic) bond motifs is 1. The summed E-state index contributed by atoms with van der Waals surface area (Å²) < 4.78 is 24.1. The molecule has 5 aromatic carbocycles. The number of esters is 1. The van der Waals surface area contributed by atoms with Crippen LogP contribution in [0, 0.1) is 0 Å². The van der Waals surface area contributed by atoms with E-state index in [1.165, 1.54) is 0 Å². The minimum Gasteiger partial charge on any atom is -0.496 e. The molecule has 0 bridgehead atoms. The van der Waals surface area contributed by atoms with Gasteiger partial charge in [-0.3, -0.25) is 0 Å². The highest BCUT2D eigenvalue weighted by molar-refractivity contribution is 5.99. The van der Waals surface area contributed by atoms with Crippen molar-refractivity contribution in [3.05, 3.63) is 156 Å². The number of carbonyl (C=O) groups excluding carboxylic acids is 1. The number of para-hydroxylation sites is 1. The summed E-state index contributed by atoms with van der Waals surface area (Å²) in [6.07, 6.45) is 0. The highest BCUT2D eigenvalue weighted by Crippen LogP contribution is 2.40. The van der Waals surface area contributed by atoms with E-state index in [1.807, 2.05) is 127 Å². The van der Waals surface area contributed by atoms with Gasteiger partial charge in [-0.1, -0.05) is 109 Å². The number of hydrogen-bond donors (Lipinski definition) is 0. The lowest BCUT2D eigenvalue weighted by molar-refractivity contribution is 0.0465. The van der Waals surface area contributed by atoms with Gasteiger partial charge in [-0.25, -0.2) is 9.78 Å². The Kier molecular flexibility index (Phi) is 8.79. The van der Waals surface area contributed by atoms with E-state index in [4.69, 9.17) is 23.9 Å². The standard InChI is InChI=1S/C38H31NO5/c1-41-34-20-12-11-19-31(34)30-21-32-35(42-24-27-13-5-2-6-14-27)23-33(38(40)44-26-29-17-9-4-10-18-29)39-37(32)36(22-30)43-25-28-15-7-3-8-16-28/h2-23H,24-26H2,1H3. The first-order chi connectivity index (χ1) is 21.7. The molecule has 6 aromatic rings. The molecule has 0 N–H and O–H groups in total. The molecule has 6 rings (SSSR count). The first-order valence-electron chi connectivity index (χ1n) is 14.3. The van der Waals surface area contributed by atoms with Crippen LogP contribution in [0.2, 0.25) is 0 Å². The van der Waals surface area contributed by atoms with E-state index in [0.29, 0.717) is 35.6 Å². The zero-order chi connectivity index (χ0) is 30.1. The fourth-order valence-electron chi connectivity index (χ4n) is 4.91. The number of methoxy groups -OCH3 is 1. The number of aromatic nitrogens is 1. The predicted octanol–water partition coefficient (Wildman–Crippen LogP) is 8.43. The number of nitrogens with zero attached hydrogens (tertiary/aromatic N) is 1. The molecule has 0 fully saturated rings. The second kappa shape index (κ2) is 13.6. The van der Waals surface area contributed by atoms with Gasteiger partial charge >= 0.3 is 5.97 Å². The average molecular weight is 582 g/mol. The van der Waals surface area contributed by atoms with E-state index in [1.54, 1.807) is 13.2 Å². The van der Waals surface area contributed by atoms with Gasteiger partial charge in [-0.2, -0.15) is 0 Å². The van der Waals surface area contributed by atoms with Gasteiger partial charge in [0.2, 0.25) is 0 Å². The summed E-state index contributed by atoms with van der Waals surface area (Å²) in [5.74, 6) is 1.17. The molecule has 0 amide bonds. The minimum atomic E-state index is -0.553. The molecule has 0 unspecified atom stereocenters. The molecule has 1 aromatic heterocycles. The maximum absolute atomic E-state index is 13.4. The first kappa shape index (κ1) is 28.5. The molecule has 0 saturated carbocycles. The maximum Gasteiger partial charge on any atom is 0.357 e. The molecule has 0 aliphatic heterocycles. The van der Waals surface area contributed by atoms with Crippen molar-refractivity contribution in [2.75, 3.05) is 7.11 Å². The normalized spacial score (nSPS) is 10.8. The van der Waals surface area contributed by atoms with Crippen molar-refractivity contribution in [1.29, 1.82) is 0 Å². The Morgan fingerprint density at radius 2 is 1.14 bits per heavy atom. The van der Waals surface area contributed by atoms with E-state index >= 15 is 0 Å². The van der Waals surface area contributed by atoms with Crippen LogP contribution in [0.15, 0.2) is 133 Å². The van der Waals surface area contributed by atoms with Crippen molar-refractivity contribution in [2.45, 2.75) is 19.8 Å².